The third-order valence-electron chi connectivity index (χ3n) is 1.64. The molecule has 1 rings (SSSR count). The van der Waals surface area contributed by atoms with Crippen molar-refractivity contribution in [3.8, 4) is 0 Å². The van der Waals surface area contributed by atoms with Crippen molar-refractivity contribution in [2.75, 3.05) is 5.32 Å². The number of carbonyl (C=O) groups excluding carboxylic acids is 1. The predicted molar refractivity (Wildman–Crippen MR) is 50.7 cm³/mol. The molecule has 2 N–H and O–H groups in total. The second kappa shape index (κ2) is 4.12. The zero-order valence-electron chi connectivity index (χ0n) is 7.88. The number of aromatic carboxylic acids is 1. The Bertz CT molecular complexity index is 438. The van der Waals surface area contributed by atoms with Crippen molar-refractivity contribution in [2.24, 2.45) is 0 Å². The minimum atomic E-state index is -4.98. The fourth-order valence-electron chi connectivity index (χ4n) is 0.939. The highest BCUT2D eigenvalue weighted by molar-refractivity contribution is 7.16. The van der Waals surface area contributed by atoms with Gasteiger partial charge in [0.05, 0.1) is 10.6 Å². The maximum absolute atomic E-state index is 11.9. The van der Waals surface area contributed by atoms with Crippen LogP contribution in [0.5, 0.6) is 0 Å². The first kappa shape index (κ1) is 12.5. The van der Waals surface area contributed by atoms with Gasteiger partial charge in [0.1, 0.15) is 0 Å². The van der Waals surface area contributed by atoms with Crippen LogP contribution < -0.4 is 5.32 Å². The molecule has 1 heterocycles. The van der Waals surface area contributed by atoms with Crippen LogP contribution in [-0.4, -0.2) is 23.2 Å². The maximum atomic E-state index is 11.9. The van der Waals surface area contributed by atoms with Gasteiger partial charge in [-0.15, -0.1) is 11.3 Å². The number of carbonyl (C=O) groups is 2. The van der Waals surface area contributed by atoms with E-state index in [4.69, 9.17) is 5.11 Å². The second-order valence-electron chi connectivity index (χ2n) is 2.84. The Labute approximate surface area is 91.7 Å². The van der Waals surface area contributed by atoms with Crippen LogP contribution in [-0.2, 0) is 4.79 Å². The first-order chi connectivity index (χ1) is 7.21. The molecule has 1 amide bonds. The summed E-state index contributed by atoms with van der Waals surface area (Å²) in [6.45, 7) is 1.44. The molecule has 0 saturated carbocycles. The lowest BCUT2D eigenvalue weighted by Crippen LogP contribution is -2.29. The molecule has 4 nitrogen and oxygen atoms in total. The minimum Gasteiger partial charge on any atom is -0.478 e. The standard InChI is InChI=1S/C8H6F3NO3S/c1-3-4(6(13)14)2-5(16-3)12-7(15)8(9,10)11/h2H,1H3,(H,12,15)(H,13,14). The Morgan fingerprint density at radius 3 is 2.38 bits per heavy atom. The van der Waals surface area contributed by atoms with Crippen molar-refractivity contribution in [3.63, 3.8) is 0 Å². The van der Waals surface area contributed by atoms with Gasteiger partial charge in [0.15, 0.2) is 0 Å². The molecule has 0 aliphatic carbocycles. The largest absolute Gasteiger partial charge is 0.478 e. The van der Waals surface area contributed by atoms with Crippen molar-refractivity contribution in [3.05, 3.63) is 16.5 Å². The third kappa shape index (κ3) is 2.72. The molecule has 0 aliphatic rings. The van der Waals surface area contributed by atoms with E-state index >= 15 is 0 Å². The average Bonchev–Trinajstić information content (AvgIpc) is 2.45. The lowest BCUT2D eigenvalue weighted by Gasteiger charge is -2.04. The summed E-state index contributed by atoms with van der Waals surface area (Å²) in [4.78, 5) is 21.5. The Kier molecular flexibility index (Phi) is 3.22. The van der Waals surface area contributed by atoms with E-state index in [9.17, 15) is 22.8 Å². The second-order valence-corrected chi connectivity index (χ2v) is 4.09. The molecule has 1 aromatic heterocycles. The van der Waals surface area contributed by atoms with Crippen LogP contribution in [0.15, 0.2) is 6.07 Å². The fraction of sp³-hybridized carbons (Fsp3) is 0.250. The van der Waals surface area contributed by atoms with E-state index in [0.717, 1.165) is 17.4 Å². The fourth-order valence-corrected chi connectivity index (χ4v) is 1.85. The van der Waals surface area contributed by atoms with E-state index in [1.165, 1.54) is 6.92 Å². The smallest absolute Gasteiger partial charge is 0.471 e. The summed E-state index contributed by atoms with van der Waals surface area (Å²) in [6, 6.07) is 0.992. The normalized spacial score (nSPS) is 11.2. The van der Waals surface area contributed by atoms with Crippen LogP contribution >= 0.6 is 11.3 Å². The van der Waals surface area contributed by atoms with Gasteiger partial charge in [-0.1, -0.05) is 0 Å². The molecular weight excluding hydrogens is 247 g/mol. The van der Waals surface area contributed by atoms with E-state index in [-0.39, 0.29) is 10.6 Å². The number of rotatable bonds is 2. The summed E-state index contributed by atoms with van der Waals surface area (Å²) in [6.07, 6.45) is -4.98. The van der Waals surface area contributed by atoms with Crippen molar-refractivity contribution in [1.29, 1.82) is 0 Å². The van der Waals surface area contributed by atoms with Crippen LogP contribution in [0.2, 0.25) is 0 Å². The van der Waals surface area contributed by atoms with Crippen molar-refractivity contribution in [1.82, 2.24) is 0 Å². The summed E-state index contributed by atoms with van der Waals surface area (Å²) in [5.74, 6) is -3.37. The Balaban J connectivity index is 2.88. The number of thiophene rings is 1. The van der Waals surface area contributed by atoms with Gasteiger partial charge in [-0.3, -0.25) is 4.79 Å². The molecule has 16 heavy (non-hydrogen) atoms. The van der Waals surface area contributed by atoms with Gasteiger partial charge in [-0.2, -0.15) is 13.2 Å². The molecule has 0 radical (unpaired) electrons. The number of amides is 1. The van der Waals surface area contributed by atoms with Crippen molar-refractivity contribution < 1.29 is 27.9 Å². The summed E-state index contributed by atoms with van der Waals surface area (Å²) < 4.78 is 35.6. The molecule has 88 valence electrons. The quantitative estimate of drug-likeness (QED) is 0.849. The predicted octanol–water partition coefficient (Wildman–Crippen LogP) is 2.26. The van der Waals surface area contributed by atoms with Gasteiger partial charge in [0, 0.05) is 4.88 Å². The van der Waals surface area contributed by atoms with Gasteiger partial charge in [-0.05, 0) is 13.0 Å². The highest BCUT2D eigenvalue weighted by Gasteiger charge is 2.39. The number of hydrogen-bond acceptors (Lipinski definition) is 3. The first-order valence-electron chi connectivity index (χ1n) is 3.93. The molecule has 0 aliphatic heterocycles. The third-order valence-corrected chi connectivity index (χ3v) is 2.61. The number of hydrogen-bond donors (Lipinski definition) is 2. The molecule has 1 aromatic rings. The zero-order chi connectivity index (χ0) is 12.5. The van der Waals surface area contributed by atoms with E-state index in [2.05, 4.69) is 0 Å². The molecule has 8 heteroatoms. The molecule has 0 fully saturated rings. The zero-order valence-corrected chi connectivity index (χ0v) is 8.70. The van der Waals surface area contributed by atoms with Gasteiger partial charge in [-0.25, -0.2) is 4.79 Å². The SMILES string of the molecule is Cc1sc(NC(=O)C(F)(F)F)cc1C(=O)O. The lowest BCUT2D eigenvalue weighted by molar-refractivity contribution is -0.167. The monoisotopic (exact) mass is 253 g/mol. The van der Waals surface area contributed by atoms with Gasteiger partial charge >= 0.3 is 18.1 Å². The minimum absolute atomic E-state index is 0.123. The Morgan fingerprint density at radius 1 is 1.44 bits per heavy atom. The first-order valence-corrected chi connectivity index (χ1v) is 4.75. The average molecular weight is 253 g/mol. The summed E-state index contributed by atoms with van der Waals surface area (Å²) >= 11 is 0.774. The molecule has 0 saturated heterocycles. The van der Waals surface area contributed by atoms with E-state index in [1.807, 2.05) is 0 Å². The number of carboxylic acids is 1. The van der Waals surface area contributed by atoms with Gasteiger partial charge < -0.3 is 10.4 Å². The Morgan fingerprint density at radius 2 is 2.00 bits per heavy atom. The number of halogens is 3. The molecule has 0 spiro atoms. The summed E-state index contributed by atoms with van der Waals surface area (Å²) in [5.41, 5.74) is -0.123. The van der Waals surface area contributed by atoms with Crippen LogP contribution in [0.1, 0.15) is 15.2 Å². The summed E-state index contributed by atoms with van der Waals surface area (Å²) in [5, 5.41) is 10.1. The van der Waals surface area contributed by atoms with Crippen LogP contribution in [0.4, 0.5) is 18.2 Å². The molecular formula is C8H6F3NO3S. The van der Waals surface area contributed by atoms with E-state index in [1.54, 1.807) is 5.32 Å². The van der Waals surface area contributed by atoms with E-state index < -0.39 is 18.1 Å². The number of aryl methyl sites for hydroxylation is 1. The Hall–Kier alpha value is -1.57. The summed E-state index contributed by atoms with van der Waals surface area (Å²) in [7, 11) is 0. The lowest BCUT2D eigenvalue weighted by atomic mass is 10.3. The van der Waals surface area contributed by atoms with E-state index in [0.29, 0.717) is 4.88 Å². The van der Waals surface area contributed by atoms with Crippen molar-refractivity contribution in [2.45, 2.75) is 13.1 Å². The molecule has 0 unspecified atom stereocenters. The van der Waals surface area contributed by atoms with Crippen LogP contribution in [0.25, 0.3) is 0 Å². The molecule has 0 bridgehead atoms. The highest BCUT2D eigenvalue weighted by Crippen LogP contribution is 2.28. The number of alkyl halides is 3. The molecule has 0 atom stereocenters. The number of anilines is 1. The number of nitrogens with one attached hydrogen (secondary N) is 1. The van der Waals surface area contributed by atoms with Crippen molar-refractivity contribution >= 4 is 28.2 Å². The number of carboxylic acid groups (broad SMARTS) is 1. The maximum Gasteiger partial charge on any atom is 0.471 e. The molecule has 0 aromatic carbocycles. The topological polar surface area (TPSA) is 66.4 Å². The van der Waals surface area contributed by atoms with Crippen LogP contribution in [0, 0.1) is 6.92 Å². The van der Waals surface area contributed by atoms with Crippen LogP contribution in [0.3, 0.4) is 0 Å². The van der Waals surface area contributed by atoms with Gasteiger partial charge in [0.25, 0.3) is 0 Å². The highest BCUT2D eigenvalue weighted by atomic mass is 32.1. The van der Waals surface area contributed by atoms with Gasteiger partial charge in [0.2, 0.25) is 0 Å².